The van der Waals surface area contributed by atoms with Crippen LogP contribution in [0.2, 0.25) is 5.02 Å². The molecule has 0 aliphatic heterocycles. The molecule has 5 heteroatoms. The summed E-state index contributed by atoms with van der Waals surface area (Å²) in [4.78, 5) is 12.0. The van der Waals surface area contributed by atoms with E-state index in [-0.39, 0.29) is 5.56 Å². The Morgan fingerprint density at radius 1 is 1.32 bits per heavy atom. The molecule has 0 aromatic heterocycles. The summed E-state index contributed by atoms with van der Waals surface area (Å²) in [5, 5.41) is 2.99. The number of anilines is 1. The third-order valence-corrected chi connectivity index (χ3v) is 3.44. The first-order chi connectivity index (χ1) is 8.99. The van der Waals surface area contributed by atoms with Gasteiger partial charge in [0.2, 0.25) is 0 Å². The molecule has 1 amide bonds. The molecule has 2 rings (SSSR count). The fourth-order valence-corrected chi connectivity index (χ4v) is 2.13. The van der Waals surface area contributed by atoms with Gasteiger partial charge in [-0.05, 0) is 36.8 Å². The van der Waals surface area contributed by atoms with E-state index in [1.165, 1.54) is 6.07 Å². The van der Waals surface area contributed by atoms with Crippen molar-refractivity contribution in [3.8, 4) is 0 Å². The molecule has 0 aliphatic rings. The van der Waals surface area contributed by atoms with Crippen LogP contribution in [0.25, 0.3) is 0 Å². The van der Waals surface area contributed by atoms with Crippen molar-refractivity contribution >= 4 is 39.1 Å². The van der Waals surface area contributed by atoms with E-state index in [2.05, 4.69) is 21.2 Å². The highest BCUT2D eigenvalue weighted by atomic mass is 79.9. The van der Waals surface area contributed by atoms with E-state index in [1.54, 1.807) is 37.3 Å². The van der Waals surface area contributed by atoms with Crippen LogP contribution >= 0.6 is 27.5 Å². The average molecular weight is 343 g/mol. The predicted molar refractivity (Wildman–Crippen MR) is 78.2 cm³/mol. The fourth-order valence-electron chi connectivity index (χ4n) is 1.61. The van der Waals surface area contributed by atoms with Gasteiger partial charge in [-0.3, -0.25) is 4.79 Å². The van der Waals surface area contributed by atoms with Gasteiger partial charge >= 0.3 is 0 Å². The first kappa shape index (κ1) is 14.0. The van der Waals surface area contributed by atoms with Crippen LogP contribution in [-0.4, -0.2) is 5.91 Å². The molecule has 0 aliphatic carbocycles. The molecule has 2 nitrogen and oxygen atoms in total. The van der Waals surface area contributed by atoms with Crippen molar-refractivity contribution in [2.24, 2.45) is 0 Å². The molecule has 1 N–H and O–H groups in total. The van der Waals surface area contributed by atoms with Gasteiger partial charge < -0.3 is 5.32 Å². The van der Waals surface area contributed by atoms with E-state index in [4.69, 9.17) is 11.6 Å². The Morgan fingerprint density at radius 3 is 2.79 bits per heavy atom. The van der Waals surface area contributed by atoms with Crippen LogP contribution in [0.15, 0.2) is 40.9 Å². The molecule has 0 saturated carbocycles. The summed E-state index contributed by atoms with van der Waals surface area (Å²) in [6, 6.07) is 9.74. The molecule has 0 fully saturated rings. The van der Waals surface area contributed by atoms with Gasteiger partial charge in [0, 0.05) is 4.47 Å². The molecule has 0 spiro atoms. The SMILES string of the molecule is Cc1cccc(C(=O)Nc2cc(Br)ccc2Cl)c1F. The van der Waals surface area contributed by atoms with Crippen molar-refractivity contribution < 1.29 is 9.18 Å². The number of hydrogen-bond donors (Lipinski definition) is 1. The Morgan fingerprint density at radius 2 is 2.05 bits per heavy atom. The number of carbonyl (C=O) groups is 1. The van der Waals surface area contributed by atoms with Gasteiger partial charge in [-0.15, -0.1) is 0 Å². The minimum Gasteiger partial charge on any atom is -0.321 e. The second-order valence-corrected chi connectivity index (χ2v) is 5.34. The number of nitrogens with one attached hydrogen (secondary N) is 1. The standard InChI is InChI=1S/C14H10BrClFNO/c1-8-3-2-4-10(13(8)17)14(19)18-12-7-9(15)5-6-11(12)16/h2-7H,1H3,(H,18,19). The van der Waals surface area contributed by atoms with Gasteiger partial charge in [-0.1, -0.05) is 39.7 Å². The number of hydrogen-bond acceptors (Lipinski definition) is 1. The van der Waals surface area contributed by atoms with Crippen molar-refractivity contribution in [3.05, 3.63) is 62.8 Å². The zero-order chi connectivity index (χ0) is 14.0. The Hall–Kier alpha value is -1.39. The van der Waals surface area contributed by atoms with Gasteiger partial charge in [-0.25, -0.2) is 4.39 Å². The number of amides is 1. The molecular formula is C14H10BrClFNO. The molecule has 0 saturated heterocycles. The van der Waals surface area contributed by atoms with Crippen molar-refractivity contribution in [1.29, 1.82) is 0 Å². The lowest BCUT2D eigenvalue weighted by Gasteiger charge is -2.09. The molecule has 19 heavy (non-hydrogen) atoms. The molecule has 0 bridgehead atoms. The highest BCUT2D eigenvalue weighted by Crippen LogP contribution is 2.26. The number of carbonyl (C=O) groups excluding carboxylic acids is 1. The van der Waals surface area contributed by atoms with Crippen molar-refractivity contribution in [2.75, 3.05) is 5.32 Å². The second-order valence-electron chi connectivity index (χ2n) is 4.01. The lowest BCUT2D eigenvalue weighted by Crippen LogP contribution is -2.14. The molecule has 98 valence electrons. The van der Waals surface area contributed by atoms with Crippen LogP contribution in [0.4, 0.5) is 10.1 Å². The Balaban J connectivity index is 2.31. The van der Waals surface area contributed by atoms with Gasteiger partial charge in [0.25, 0.3) is 5.91 Å². The monoisotopic (exact) mass is 341 g/mol. The van der Waals surface area contributed by atoms with E-state index in [0.29, 0.717) is 16.3 Å². The average Bonchev–Trinajstić information content (AvgIpc) is 2.37. The smallest absolute Gasteiger partial charge is 0.258 e. The summed E-state index contributed by atoms with van der Waals surface area (Å²) in [7, 11) is 0. The van der Waals surface area contributed by atoms with Crippen LogP contribution in [0.1, 0.15) is 15.9 Å². The van der Waals surface area contributed by atoms with E-state index in [9.17, 15) is 9.18 Å². The molecular weight excluding hydrogens is 333 g/mol. The summed E-state index contributed by atoms with van der Waals surface area (Å²) in [5.41, 5.74) is 0.853. The Labute approximate surface area is 123 Å². The topological polar surface area (TPSA) is 29.1 Å². The minimum atomic E-state index is -0.527. The molecule has 2 aromatic carbocycles. The van der Waals surface area contributed by atoms with E-state index < -0.39 is 11.7 Å². The quantitative estimate of drug-likeness (QED) is 0.834. The molecule has 0 radical (unpaired) electrons. The van der Waals surface area contributed by atoms with Crippen molar-refractivity contribution in [2.45, 2.75) is 6.92 Å². The molecule has 2 aromatic rings. The lowest BCUT2D eigenvalue weighted by molar-refractivity contribution is 0.102. The van der Waals surface area contributed by atoms with Crippen LogP contribution in [0.5, 0.6) is 0 Å². The molecule has 0 heterocycles. The van der Waals surface area contributed by atoms with Crippen LogP contribution < -0.4 is 5.32 Å². The van der Waals surface area contributed by atoms with Crippen LogP contribution in [-0.2, 0) is 0 Å². The normalized spacial score (nSPS) is 10.3. The van der Waals surface area contributed by atoms with E-state index in [0.717, 1.165) is 4.47 Å². The van der Waals surface area contributed by atoms with Gasteiger partial charge in [0.15, 0.2) is 0 Å². The zero-order valence-electron chi connectivity index (χ0n) is 10.0. The fraction of sp³-hybridized carbons (Fsp3) is 0.0714. The van der Waals surface area contributed by atoms with Crippen LogP contribution in [0.3, 0.4) is 0 Å². The van der Waals surface area contributed by atoms with Gasteiger partial charge in [-0.2, -0.15) is 0 Å². The Bertz CT molecular complexity index is 645. The summed E-state index contributed by atoms with van der Waals surface area (Å²) >= 11 is 9.25. The second kappa shape index (κ2) is 5.72. The lowest BCUT2D eigenvalue weighted by atomic mass is 10.1. The summed E-state index contributed by atoms with van der Waals surface area (Å²) in [6.07, 6.45) is 0. The maximum atomic E-state index is 13.8. The minimum absolute atomic E-state index is 0.00366. The number of benzene rings is 2. The highest BCUT2D eigenvalue weighted by molar-refractivity contribution is 9.10. The summed E-state index contributed by atoms with van der Waals surface area (Å²) < 4.78 is 14.6. The summed E-state index contributed by atoms with van der Waals surface area (Å²) in [6.45, 7) is 1.61. The van der Waals surface area contributed by atoms with Crippen LogP contribution in [0, 0.1) is 12.7 Å². The van der Waals surface area contributed by atoms with E-state index in [1.807, 2.05) is 0 Å². The largest absolute Gasteiger partial charge is 0.321 e. The zero-order valence-corrected chi connectivity index (χ0v) is 12.3. The number of rotatable bonds is 2. The highest BCUT2D eigenvalue weighted by Gasteiger charge is 2.14. The predicted octanol–water partition coefficient (Wildman–Crippen LogP) is 4.80. The molecule has 0 unspecified atom stereocenters. The number of aryl methyl sites for hydroxylation is 1. The van der Waals surface area contributed by atoms with Gasteiger partial charge in [0.05, 0.1) is 16.3 Å². The summed E-state index contributed by atoms with van der Waals surface area (Å²) in [5.74, 6) is -1.05. The third-order valence-electron chi connectivity index (χ3n) is 2.61. The van der Waals surface area contributed by atoms with Crippen molar-refractivity contribution in [3.63, 3.8) is 0 Å². The maximum absolute atomic E-state index is 13.8. The van der Waals surface area contributed by atoms with Crippen molar-refractivity contribution in [1.82, 2.24) is 0 Å². The third kappa shape index (κ3) is 3.14. The maximum Gasteiger partial charge on any atom is 0.258 e. The van der Waals surface area contributed by atoms with E-state index >= 15 is 0 Å². The number of halogens is 3. The molecule has 0 atom stereocenters. The Kier molecular flexibility index (Phi) is 4.22. The first-order valence-electron chi connectivity index (χ1n) is 5.50. The van der Waals surface area contributed by atoms with Gasteiger partial charge in [0.1, 0.15) is 5.82 Å². The first-order valence-corrected chi connectivity index (χ1v) is 6.67.